The normalized spacial score (nSPS) is 21.3. The second kappa shape index (κ2) is 7.74. The highest BCUT2D eigenvalue weighted by atomic mass is 16.6. The third-order valence-electron chi connectivity index (χ3n) is 4.98. The van der Waals surface area contributed by atoms with Crippen molar-refractivity contribution in [2.75, 3.05) is 33.0 Å². The van der Waals surface area contributed by atoms with Crippen LogP contribution >= 0.6 is 0 Å². The molecule has 6 heteroatoms. The molecule has 2 aromatic rings. The zero-order valence-corrected chi connectivity index (χ0v) is 15.8. The molecule has 0 spiro atoms. The van der Waals surface area contributed by atoms with Crippen molar-refractivity contribution in [2.45, 2.75) is 32.4 Å². The Balaban J connectivity index is 1.64. The Morgan fingerprint density at radius 1 is 1.15 bits per heavy atom. The van der Waals surface area contributed by atoms with Crippen LogP contribution in [-0.2, 0) is 15.9 Å². The minimum atomic E-state index is -0.0995. The molecule has 0 saturated carbocycles. The first-order chi connectivity index (χ1) is 13.2. The van der Waals surface area contributed by atoms with Crippen LogP contribution in [0.3, 0.4) is 0 Å². The molecule has 2 atom stereocenters. The van der Waals surface area contributed by atoms with Crippen LogP contribution in [0, 0.1) is 0 Å². The molecule has 0 N–H and O–H groups in total. The fraction of sp³-hybridized carbons (Fsp3) is 0.476. The lowest BCUT2D eigenvalue weighted by molar-refractivity contribution is -0.101. The number of nitrogens with zero attached hydrogens (tertiary/aromatic N) is 1. The Morgan fingerprint density at radius 2 is 2.04 bits per heavy atom. The predicted octanol–water partition coefficient (Wildman–Crippen LogP) is 2.83. The minimum Gasteiger partial charge on any atom is -0.494 e. The molecule has 1 saturated heterocycles. The van der Waals surface area contributed by atoms with Gasteiger partial charge < -0.3 is 23.5 Å². The van der Waals surface area contributed by atoms with Crippen molar-refractivity contribution in [3.63, 3.8) is 0 Å². The Labute approximate surface area is 158 Å². The van der Waals surface area contributed by atoms with Crippen molar-refractivity contribution >= 4 is 0 Å². The highest BCUT2D eigenvalue weighted by molar-refractivity contribution is 5.68. The second-order valence-corrected chi connectivity index (χ2v) is 6.97. The van der Waals surface area contributed by atoms with Gasteiger partial charge in [0.2, 0.25) is 0 Å². The average Bonchev–Trinajstić information content (AvgIpc) is 2.67. The van der Waals surface area contributed by atoms with Crippen molar-refractivity contribution in [2.24, 2.45) is 0 Å². The van der Waals surface area contributed by atoms with E-state index in [1.807, 2.05) is 29.7 Å². The lowest BCUT2D eigenvalue weighted by Crippen LogP contribution is -2.34. The van der Waals surface area contributed by atoms with Gasteiger partial charge in [0, 0.05) is 23.7 Å². The highest BCUT2D eigenvalue weighted by Gasteiger charge is 2.24. The molecular weight excluding hydrogens is 346 g/mol. The Hall–Kier alpha value is -2.31. The Morgan fingerprint density at radius 3 is 2.81 bits per heavy atom. The monoisotopic (exact) mass is 371 g/mol. The lowest BCUT2D eigenvalue weighted by atomic mass is 9.93. The van der Waals surface area contributed by atoms with E-state index in [1.54, 1.807) is 6.07 Å². The number of benzene rings is 1. The summed E-state index contributed by atoms with van der Waals surface area (Å²) in [4.78, 5) is 12.7. The van der Waals surface area contributed by atoms with Gasteiger partial charge in [0.05, 0.1) is 32.1 Å². The summed E-state index contributed by atoms with van der Waals surface area (Å²) in [6, 6.07) is 9.64. The molecule has 0 aliphatic carbocycles. The maximum absolute atomic E-state index is 12.7. The summed E-state index contributed by atoms with van der Waals surface area (Å²) < 4.78 is 24.3. The molecule has 2 aliphatic rings. The fourth-order valence-corrected chi connectivity index (χ4v) is 3.78. The minimum absolute atomic E-state index is 0.0460. The van der Waals surface area contributed by atoms with E-state index >= 15 is 0 Å². The van der Waals surface area contributed by atoms with E-state index in [0.717, 1.165) is 23.4 Å². The molecule has 2 aliphatic heterocycles. The standard InChI is InChI=1S/C21H25NO5/c1-3-25-16-4-5-19-15(9-16)8-14(2)22-20(19)10-17(11-21(22)23)27-13-18-12-24-6-7-26-18/h4-5,9-11,14,18H,3,6-8,12-13H2,1-2H3/t14?,18-/m0/s1. The molecule has 1 fully saturated rings. The van der Waals surface area contributed by atoms with Gasteiger partial charge in [-0.3, -0.25) is 4.79 Å². The number of aromatic nitrogens is 1. The van der Waals surface area contributed by atoms with Gasteiger partial charge in [0.25, 0.3) is 5.56 Å². The number of hydrogen-bond acceptors (Lipinski definition) is 5. The van der Waals surface area contributed by atoms with Crippen LogP contribution in [0.1, 0.15) is 25.5 Å². The van der Waals surface area contributed by atoms with E-state index in [2.05, 4.69) is 13.0 Å². The maximum atomic E-state index is 12.7. The van der Waals surface area contributed by atoms with E-state index in [0.29, 0.717) is 38.8 Å². The molecular formula is C21H25NO5. The summed E-state index contributed by atoms with van der Waals surface area (Å²) in [6.07, 6.45) is 0.703. The van der Waals surface area contributed by atoms with Crippen molar-refractivity contribution < 1.29 is 18.9 Å². The van der Waals surface area contributed by atoms with Gasteiger partial charge >= 0.3 is 0 Å². The van der Waals surface area contributed by atoms with Gasteiger partial charge in [0.15, 0.2) is 0 Å². The SMILES string of the molecule is CCOc1ccc2c(c1)CC(C)n1c-2cc(OC[C@@H]2COCCO2)cc1=O. The summed E-state index contributed by atoms with van der Waals surface area (Å²) in [5.74, 6) is 1.43. The summed E-state index contributed by atoms with van der Waals surface area (Å²) in [6.45, 7) is 6.76. The summed E-state index contributed by atoms with van der Waals surface area (Å²) in [5, 5.41) is 0. The predicted molar refractivity (Wildman–Crippen MR) is 102 cm³/mol. The largest absolute Gasteiger partial charge is 0.494 e. The Kier molecular flexibility index (Phi) is 5.18. The molecule has 1 aromatic carbocycles. The highest BCUT2D eigenvalue weighted by Crippen LogP contribution is 2.36. The van der Waals surface area contributed by atoms with Gasteiger partial charge in [0.1, 0.15) is 24.2 Å². The first-order valence-corrected chi connectivity index (χ1v) is 9.50. The molecule has 144 valence electrons. The van der Waals surface area contributed by atoms with Crippen LogP contribution in [0.15, 0.2) is 35.1 Å². The van der Waals surface area contributed by atoms with E-state index in [1.165, 1.54) is 5.56 Å². The zero-order valence-electron chi connectivity index (χ0n) is 15.8. The molecule has 0 radical (unpaired) electrons. The van der Waals surface area contributed by atoms with Crippen molar-refractivity contribution in [3.05, 3.63) is 46.2 Å². The van der Waals surface area contributed by atoms with E-state index < -0.39 is 0 Å². The molecule has 27 heavy (non-hydrogen) atoms. The first kappa shape index (κ1) is 18.1. The van der Waals surface area contributed by atoms with E-state index in [-0.39, 0.29) is 17.7 Å². The first-order valence-electron chi connectivity index (χ1n) is 9.50. The van der Waals surface area contributed by atoms with Gasteiger partial charge in [-0.1, -0.05) is 0 Å². The Bertz CT molecular complexity index is 869. The maximum Gasteiger partial charge on any atom is 0.254 e. The number of hydrogen-bond donors (Lipinski definition) is 0. The van der Waals surface area contributed by atoms with Crippen molar-refractivity contribution in [1.29, 1.82) is 0 Å². The van der Waals surface area contributed by atoms with Crippen molar-refractivity contribution in [1.82, 2.24) is 4.57 Å². The van der Waals surface area contributed by atoms with Crippen LogP contribution in [0.2, 0.25) is 0 Å². The van der Waals surface area contributed by atoms with E-state index in [9.17, 15) is 4.79 Å². The summed E-state index contributed by atoms with van der Waals surface area (Å²) >= 11 is 0. The van der Waals surface area contributed by atoms with Gasteiger partial charge in [-0.25, -0.2) is 0 Å². The average molecular weight is 371 g/mol. The van der Waals surface area contributed by atoms with Gasteiger partial charge in [-0.2, -0.15) is 0 Å². The van der Waals surface area contributed by atoms with Crippen LogP contribution in [0.5, 0.6) is 11.5 Å². The number of rotatable bonds is 5. The van der Waals surface area contributed by atoms with Crippen molar-refractivity contribution in [3.8, 4) is 22.8 Å². The second-order valence-electron chi connectivity index (χ2n) is 6.97. The summed E-state index contributed by atoms with van der Waals surface area (Å²) in [5.41, 5.74) is 3.08. The number of ether oxygens (including phenoxy) is 4. The molecule has 4 rings (SSSR count). The van der Waals surface area contributed by atoms with Crippen LogP contribution < -0.4 is 15.0 Å². The van der Waals surface area contributed by atoms with Crippen LogP contribution in [0.4, 0.5) is 0 Å². The smallest absolute Gasteiger partial charge is 0.254 e. The van der Waals surface area contributed by atoms with Gasteiger partial charge in [-0.05, 0) is 44.0 Å². The molecule has 1 unspecified atom stereocenters. The van der Waals surface area contributed by atoms with Crippen LogP contribution in [0.25, 0.3) is 11.3 Å². The zero-order chi connectivity index (χ0) is 18.8. The number of pyridine rings is 1. The fourth-order valence-electron chi connectivity index (χ4n) is 3.78. The third kappa shape index (κ3) is 3.73. The summed E-state index contributed by atoms with van der Waals surface area (Å²) in [7, 11) is 0. The third-order valence-corrected chi connectivity index (χ3v) is 4.98. The molecule has 0 amide bonds. The van der Waals surface area contributed by atoms with Crippen LogP contribution in [-0.4, -0.2) is 43.7 Å². The molecule has 0 bridgehead atoms. The molecule has 1 aromatic heterocycles. The van der Waals surface area contributed by atoms with E-state index in [4.69, 9.17) is 18.9 Å². The number of fused-ring (bicyclic) bond motifs is 3. The topological polar surface area (TPSA) is 58.9 Å². The lowest BCUT2D eigenvalue weighted by Gasteiger charge is -2.28. The quantitative estimate of drug-likeness (QED) is 0.809. The van der Waals surface area contributed by atoms with Gasteiger partial charge in [-0.15, -0.1) is 0 Å². The molecule has 3 heterocycles. The molecule has 6 nitrogen and oxygen atoms in total.